The molecule has 0 fully saturated rings. The summed E-state index contributed by atoms with van der Waals surface area (Å²) in [7, 11) is 0. The number of hydrogen-bond donors (Lipinski definition) is 0. The summed E-state index contributed by atoms with van der Waals surface area (Å²) in [5.41, 5.74) is 1.12. The minimum Gasteiger partial charge on any atom is -0.303 e. The average molecular weight is 270 g/mol. The fourth-order valence-corrected chi connectivity index (χ4v) is 2.33. The van der Waals surface area contributed by atoms with E-state index in [1.165, 1.54) is 11.8 Å². The number of nitriles is 1. The third-order valence-corrected chi connectivity index (χ3v) is 3.39. The number of rotatable bonds is 5. The second-order valence-electron chi connectivity index (χ2n) is 3.78. The van der Waals surface area contributed by atoms with Crippen LogP contribution in [0.1, 0.15) is 18.3 Å². The van der Waals surface area contributed by atoms with Crippen LogP contribution < -0.4 is 0 Å². The number of thioether (sulfide) groups is 1. The van der Waals surface area contributed by atoms with E-state index in [4.69, 9.17) is 5.26 Å². The van der Waals surface area contributed by atoms with Gasteiger partial charge in [0.2, 0.25) is 0 Å². The number of benzene rings is 1. The first-order valence-electron chi connectivity index (χ1n) is 6.01. The highest BCUT2D eigenvalue weighted by atomic mass is 32.2. The largest absolute Gasteiger partial charge is 0.303 e. The number of nitrogens with zero attached hydrogens (tertiary/aromatic N) is 4. The van der Waals surface area contributed by atoms with Crippen LogP contribution in [-0.2, 0) is 6.54 Å². The molecule has 0 spiro atoms. The molecule has 19 heavy (non-hydrogen) atoms. The predicted octanol–water partition coefficient (Wildman–Crippen LogP) is 3.08. The Morgan fingerprint density at radius 1 is 1.26 bits per heavy atom. The molecule has 1 heterocycles. The summed E-state index contributed by atoms with van der Waals surface area (Å²) in [5, 5.41) is 17.7. The van der Waals surface area contributed by atoms with Crippen molar-refractivity contribution in [2.45, 2.75) is 18.6 Å². The van der Waals surface area contributed by atoms with Crippen LogP contribution in [-0.4, -0.2) is 20.5 Å². The Labute approximate surface area is 116 Å². The molecule has 0 unspecified atom stereocenters. The van der Waals surface area contributed by atoms with Crippen molar-refractivity contribution in [1.82, 2.24) is 14.8 Å². The Morgan fingerprint density at radius 2 is 2.05 bits per heavy atom. The van der Waals surface area contributed by atoms with Gasteiger partial charge in [0, 0.05) is 6.54 Å². The van der Waals surface area contributed by atoms with Crippen molar-refractivity contribution in [3.05, 3.63) is 41.7 Å². The van der Waals surface area contributed by atoms with E-state index in [0.29, 0.717) is 5.75 Å². The van der Waals surface area contributed by atoms with Crippen molar-refractivity contribution in [2.24, 2.45) is 0 Å². The molecule has 0 aliphatic carbocycles. The van der Waals surface area contributed by atoms with Crippen molar-refractivity contribution < 1.29 is 0 Å². The maximum absolute atomic E-state index is 8.61. The van der Waals surface area contributed by atoms with Crippen molar-refractivity contribution in [3.8, 4) is 6.07 Å². The minimum atomic E-state index is 0.389. The van der Waals surface area contributed by atoms with Gasteiger partial charge in [-0.05, 0) is 18.6 Å². The van der Waals surface area contributed by atoms with E-state index in [-0.39, 0.29) is 0 Å². The second kappa shape index (κ2) is 6.76. The lowest BCUT2D eigenvalue weighted by Crippen LogP contribution is -1.99. The second-order valence-corrected chi connectivity index (χ2v) is 4.72. The predicted molar refractivity (Wildman–Crippen MR) is 77.4 cm³/mol. The van der Waals surface area contributed by atoms with Crippen molar-refractivity contribution in [2.75, 3.05) is 5.75 Å². The summed E-state index contributed by atoms with van der Waals surface area (Å²) in [6, 6.07) is 12.2. The van der Waals surface area contributed by atoms with E-state index in [0.717, 1.165) is 23.1 Å². The smallest absolute Gasteiger partial charge is 0.192 e. The van der Waals surface area contributed by atoms with Gasteiger partial charge in [0.1, 0.15) is 0 Å². The lowest BCUT2D eigenvalue weighted by Gasteiger charge is -2.02. The summed E-state index contributed by atoms with van der Waals surface area (Å²) in [6.45, 7) is 2.83. The van der Waals surface area contributed by atoms with Crippen LogP contribution in [0.25, 0.3) is 12.2 Å². The molecule has 0 radical (unpaired) electrons. The van der Waals surface area contributed by atoms with E-state index >= 15 is 0 Å². The summed E-state index contributed by atoms with van der Waals surface area (Å²) in [4.78, 5) is 0. The van der Waals surface area contributed by atoms with Crippen LogP contribution in [0.5, 0.6) is 0 Å². The molecule has 0 saturated heterocycles. The lowest BCUT2D eigenvalue weighted by atomic mass is 10.2. The van der Waals surface area contributed by atoms with Gasteiger partial charge in [-0.3, -0.25) is 0 Å². The van der Waals surface area contributed by atoms with E-state index in [9.17, 15) is 0 Å². The van der Waals surface area contributed by atoms with Gasteiger partial charge >= 0.3 is 0 Å². The molecule has 96 valence electrons. The van der Waals surface area contributed by atoms with E-state index in [2.05, 4.69) is 16.3 Å². The molecule has 0 aliphatic rings. The Hall–Kier alpha value is -2.06. The van der Waals surface area contributed by atoms with Crippen LogP contribution >= 0.6 is 11.8 Å². The molecule has 5 heteroatoms. The Bertz CT molecular complexity index is 596. The van der Waals surface area contributed by atoms with Crippen LogP contribution in [0.15, 0.2) is 35.5 Å². The molecule has 1 aromatic heterocycles. The maximum Gasteiger partial charge on any atom is 0.192 e. The zero-order chi connectivity index (χ0) is 13.5. The van der Waals surface area contributed by atoms with Crippen molar-refractivity contribution >= 4 is 23.9 Å². The maximum atomic E-state index is 8.61. The zero-order valence-electron chi connectivity index (χ0n) is 10.7. The molecule has 0 atom stereocenters. The van der Waals surface area contributed by atoms with Crippen LogP contribution in [0.3, 0.4) is 0 Å². The normalized spacial score (nSPS) is 10.7. The van der Waals surface area contributed by atoms with Gasteiger partial charge in [-0.2, -0.15) is 5.26 Å². The van der Waals surface area contributed by atoms with Crippen LogP contribution in [0, 0.1) is 11.3 Å². The quantitative estimate of drug-likeness (QED) is 0.783. The molecular weight excluding hydrogens is 256 g/mol. The molecule has 2 aromatic rings. The monoisotopic (exact) mass is 270 g/mol. The molecule has 1 aromatic carbocycles. The van der Waals surface area contributed by atoms with Gasteiger partial charge < -0.3 is 4.57 Å². The number of hydrogen-bond acceptors (Lipinski definition) is 4. The molecule has 0 aliphatic heterocycles. The molecule has 0 saturated carbocycles. The SMILES string of the molecule is CCn1c(C=Cc2ccccc2)nnc1SCC#N. The molecule has 4 nitrogen and oxygen atoms in total. The Balaban J connectivity index is 2.19. The summed E-state index contributed by atoms with van der Waals surface area (Å²) in [5.74, 6) is 1.20. The van der Waals surface area contributed by atoms with Gasteiger partial charge in [0.05, 0.1) is 11.8 Å². The fourth-order valence-electron chi connectivity index (χ4n) is 1.66. The first-order valence-corrected chi connectivity index (χ1v) is 6.99. The standard InChI is InChI=1S/C14H14N4S/c1-2-18-13(16-17-14(18)19-11-10-15)9-8-12-6-4-3-5-7-12/h3-9H,2,11H2,1H3. The van der Waals surface area contributed by atoms with Crippen molar-refractivity contribution in [3.63, 3.8) is 0 Å². The average Bonchev–Trinajstić information content (AvgIpc) is 2.86. The fraction of sp³-hybridized carbons (Fsp3) is 0.214. The third-order valence-electron chi connectivity index (χ3n) is 2.55. The Morgan fingerprint density at radius 3 is 2.74 bits per heavy atom. The molecule has 0 amide bonds. The third kappa shape index (κ3) is 3.46. The van der Waals surface area contributed by atoms with Crippen LogP contribution in [0.4, 0.5) is 0 Å². The zero-order valence-corrected chi connectivity index (χ0v) is 11.5. The van der Waals surface area contributed by atoms with Crippen molar-refractivity contribution in [1.29, 1.82) is 5.26 Å². The summed E-state index contributed by atoms with van der Waals surface area (Å²) < 4.78 is 2.00. The van der Waals surface area contributed by atoms with Gasteiger partial charge in [0.15, 0.2) is 11.0 Å². The van der Waals surface area contributed by atoms with Crippen LogP contribution in [0.2, 0.25) is 0 Å². The molecular formula is C14H14N4S. The van der Waals surface area contributed by atoms with Gasteiger partial charge in [-0.1, -0.05) is 48.2 Å². The lowest BCUT2D eigenvalue weighted by molar-refractivity contribution is 0.676. The van der Waals surface area contributed by atoms with Gasteiger partial charge in [-0.25, -0.2) is 0 Å². The highest BCUT2D eigenvalue weighted by Gasteiger charge is 2.08. The first-order chi connectivity index (χ1) is 9.35. The summed E-state index contributed by atoms with van der Waals surface area (Å²) >= 11 is 1.41. The van der Waals surface area contributed by atoms with Gasteiger partial charge in [0.25, 0.3) is 0 Å². The summed E-state index contributed by atoms with van der Waals surface area (Å²) in [6.07, 6.45) is 3.96. The molecule has 2 rings (SSSR count). The highest BCUT2D eigenvalue weighted by molar-refractivity contribution is 7.99. The minimum absolute atomic E-state index is 0.389. The molecule has 0 N–H and O–H groups in total. The highest BCUT2D eigenvalue weighted by Crippen LogP contribution is 2.17. The topological polar surface area (TPSA) is 54.5 Å². The number of aromatic nitrogens is 3. The molecule has 0 bridgehead atoms. The Kier molecular flexibility index (Phi) is 4.76. The van der Waals surface area contributed by atoms with E-state index in [1.807, 2.05) is 54.0 Å². The van der Waals surface area contributed by atoms with E-state index < -0.39 is 0 Å². The first kappa shape index (κ1) is 13.4. The van der Waals surface area contributed by atoms with E-state index in [1.54, 1.807) is 0 Å². The van der Waals surface area contributed by atoms with Gasteiger partial charge in [-0.15, -0.1) is 10.2 Å².